The second-order valence-corrected chi connectivity index (χ2v) is 6.19. The molecule has 0 rings (SSSR count). The smallest absolute Gasteiger partial charge is 0.211 e. The molecule has 0 radical (unpaired) electrons. The van der Waals surface area contributed by atoms with E-state index in [0.717, 1.165) is 0 Å². The van der Waals surface area contributed by atoms with Crippen LogP contribution in [-0.2, 0) is 30.7 Å². The minimum atomic E-state index is -6.49. The Morgan fingerprint density at radius 2 is 0.769 bits per heavy atom. The third-order valence-electron chi connectivity index (χ3n) is 0.597. The Morgan fingerprint density at radius 3 is 0.769 bits per heavy atom. The predicted octanol–water partition coefficient (Wildman–Crippen LogP) is -0.669. The van der Waals surface area contributed by atoms with Crippen LogP contribution in [0.25, 0.3) is 0 Å². The van der Waals surface area contributed by atoms with Gasteiger partial charge in [-0.3, -0.25) is 0 Å². The van der Waals surface area contributed by atoms with E-state index < -0.39 is 34.6 Å². The first-order valence-electron chi connectivity index (χ1n) is 2.08. The molecule has 0 spiro atoms. The first-order chi connectivity index (χ1) is 5.37. The first kappa shape index (κ1) is 12.6. The maximum atomic E-state index is 11.7. The van der Waals surface area contributed by atoms with Crippen LogP contribution in [0.1, 0.15) is 0 Å². The average Bonchev–Trinajstić information content (AvgIpc) is 1.44. The number of hydrogen-bond donors (Lipinski definition) is 0. The SMILES string of the molecule is O=S(=O)(F)[C-](S(=O)(=O)F)S(=O)(=O)F. The van der Waals surface area contributed by atoms with Gasteiger partial charge in [0.05, 0.1) is 0 Å². The molecule has 12 heteroatoms. The van der Waals surface area contributed by atoms with Crippen LogP contribution in [0.2, 0.25) is 0 Å². The van der Waals surface area contributed by atoms with Crippen molar-refractivity contribution in [2.24, 2.45) is 0 Å². The Kier molecular flexibility index (Phi) is 3.01. The van der Waals surface area contributed by atoms with Crippen LogP contribution in [0.15, 0.2) is 0 Å². The molecule has 0 atom stereocenters. The van der Waals surface area contributed by atoms with Crippen LogP contribution < -0.4 is 0 Å². The maximum Gasteiger partial charge on any atom is 0.211 e. The molecule has 0 aromatic heterocycles. The summed E-state index contributed by atoms with van der Waals surface area (Å²) in [6.45, 7) is 0. The highest BCUT2D eigenvalue weighted by Crippen LogP contribution is 2.29. The summed E-state index contributed by atoms with van der Waals surface area (Å²) in [6, 6.07) is 0. The molecule has 0 saturated carbocycles. The molecule has 0 aromatic rings. The second-order valence-electron chi connectivity index (χ2n) is 1.56. The molecule has 0 N–H and O–H groups in total. The normalized spacial score (nSPS) is 14.8. The molecular weight excluding hydrogens is 261 g/mol. The van der Waals surface area contributed by atoms with E-state index in [-0.39, 0.29) is 0 Å². The van der Waals surface area contributed by atoms with E-state index in [1.54, 1.807) is 0 Å². The Morgan fingerprint density at radius 1 is 0.615 bits per heavy atom. The predicted molar refractivity (Wildman–Crippen MR) is 33.3 cm³/mol. The van der Waals surface area contributed by atoms with Gasteiger partial charge in [-0.25, -0.2) is 25.3 Å². The van der Waals surface area contributed by atoms with Crippen molar-refractivity contribution in [2.45, 2.75) is 0 Å². The Balaban J connectivity index is 5.87. The minimum absolute atomic E-state index is 3.44. The molecule has 0 aliphatic heterocycles. The fourth-order valence-corrected chi connectivity index (χ4v) is 3.21. The topological polar surface area (TPSA) is 102 Å². The first-order valence-corrected chi connectivity index (χ1v) is 6.23. The fourth-order valence-electron chi connectivity index (χ4n) is 0.357. The average molecular weight is 261 g/mol. The molecule has 0 amide bonds. The summed E-state index contributed by atoms with van der Waals surface area (Å²) < 4.78 is 89.9. The highest BCUT2D eigenvalue weighted by molar-refractivity contribution is 8.24. The van der Waals surface area contributed by atoms with Gasteiger partial charge in [0, 0.05) is 0 Å². The Bertz CT molecular complexity index is 405. The molecule has 0 heterocycles. The quantitative estimate of drug-likeness (QED) is 0.493. The van der Waals surface area contributed by atoms with Gasteiger partial charge in [0.15, 0.2) is 0 Å². The van der Waals surface area contributed by atoms with Crippen LogP contribution in [-0.4, -0.2) is 25.3 Å². The number of halogens is 3. The summed E-state index contributed by atoms with van der Waals surface area (Å²) in [5.41, 5.74) is 0. The van der Waals surface area contributed by atoms with Gasteiger partial charge >= 0.3 is 0 Å². The highest BCUT2D eigenvalue weighted by Gasteiger charge is 2.36. The summed E-state index contributed by atoms with van der Waals surface area (Å²) in [7, 11) is -19.5. The van der Waals surface area contributed by atoms with Gasteiger partial charge in [-0.2, -0.15) is 0 Å². The van der Waals surface area contributed by atoms with Crippen LogP contribution in [0.4, 0.5) is 11.7 Å². The van der Waals surface area contributed by atoms with E-state index in [1.165, 1.54) is 0 Å². The van der Waals surface area contributed by atoms with Gasteiger partial charge < -0.3 is 0 Å². The van der Waals surface area contributed by atoms with Gasteiger partial charge in [-0.1, -0.05) is 0 Å². The minimum Gasteiger partial charge on any atom is -0.227 e. The van der Waals surface area contributed by atoms with Crippen molar-refractivity contribution < 1.29 is 36.9 Å². The van der Waals surface area contributed by atoms with Crippen LogP contribution >= 0.6 is 0 Å². The van der Waals surface area contributed by atoms with Crippen molar-refractivity contribution >= 4 is 30.7 Å². The lowest BCUT2D eigenvalue weighted by molar-refractivity contribution is 0.534. The highest BCUT2D eigenvalue weighted by atomic mass is 32.4. The Hall–Kier alpha value is -0.360. The summed E-state index contributed by atoms with van der Waals surface area (Å²) in [4.78, 5) is 0. The number of rotatable bonds is 3. The van der Waals surface area contributed by atoms with Crippen molar-refractivity contribution in [1.29, 1.82) is 0 Å². The van der Waals surface area contributed by atoms with Gasteiger partial charge in [0.2, 0.25) is 30.7 Å². The maximum absolute atomic E-state index is 11.7. The van der Waals surface area contributed by atoms with Gasteiger partial charge in [-0.15, -0.1) is 11.7 Å². The molecule has 0 aliphatic carbocycles. The van der Waals surface area contributed by atoms with Crippen LogP contribution in [0.3, 0.4) is 0 Å². The zero-order valence-corrected chi connectivity index (χ0v) is 7.76. The zero-order chi connectivity index (χ0) is 11.1. The van der Waals surface area contributed by atoms with E-state index >= 15 is 0 Å². The lowest BCUT2D eigenvalue weighted by Gasteiger charge is -2.13. The van der Waals surface area contributed by atoms with Crippen molar-refractivity contribution in [2.75, 3.05) is 0 Å². The molecule has 6 nitrogen and oxygen atoms in total. The Labute approximate surface area is 72.0 Å². The molecule has 0 fully saturated rings. The van der Waals surface area contributed by atoms with E-state index in [1.807, 2.05) is 0 Å². The van der Waals surface area contributed by atoms with Crippen molar-refractivity contribution in [1.82, 2.24) is 0 Å². The zero-order valence-electron chi connectivity index (χ0n) is 5.31. The molecule has 0 aliphatic rings. The third kappa shape index (κ3) is 3.48. The molecule has 0 unspecified atom stereocenters. The summed E-state index contributed by atoms with van der Waals surface area (Å²) in [5.74, 6) is 0. The van der Waals surface area contributed by atoms with E-state index in [9.17, 15) is 36.9 Å². The largest absolute Gasteiger partial charge is 0.227 e. The van der Waals surface area contributed by atoms with Gasteiger partial charge in [0.25, 0.3) is 0 Å². The number of hydrogen-bond acceptors (Lipinski definition) is 6. The lowest BCUT2D eigenvalue weighted by atomic mass is 11.9. The molecular formula is CF3O6S3-. The van der Waals surface area contributed by atoms with Crippen LogP contribution in [0.5, 0.6) is 0 Å². The van der Waals surface area contributed by atoms with Crippen LogP contribution in [0, 0.1) is 3.91 Å². The molecule has 0 aromatic carbocycles. The fraction of sp³-hybridized carbons (Fsp3) is 0. The lowest BCUT2D eigenvalue weighted by Crippen LogP contribution is -2.22. The molecule has 80 valence electrons. The van der Waals surface area contributed by atoms with E-state index in [4.69, 9.17) is 0 Å². The van der Waals surface area contributed by atoms with Crippen molar-refractivity contribution in [3.05, 3.63) is 3.91 Å². The van der Waals surface area contributed by atoms with Crippen molar-refractivity contribution in [3.63, 3.8) is 0 Å². The second kappa shape index (κ2) is 3.09. The monoisotopic (exact) mass is 261 g/mol. The molecule has 13 heavy (non-hydrogen) atoms. The molecule has 0 saturated heterocycles. The standard InChI is InChI=1S/CF3O6S3/c2-11(5,6)1(12(3,7)8)13(4,9)10/q-1. The van der Waals surface area contributed by atoms with Crippen molar-refractivity contribution in [3.8, 4) is 0 Å². The van der Waals surface area contributed by atoms with E-state index in [0.29, 0.717) is 0 Å². The third-order valence-corrected chi connectivity index (χ3v) is 5.38. The molecule has 0 bridgehead atoms. The van der Waals surface area contributed by atoms with Gasteiger partial charge in [0.1, 0.15) is 3.91 Å². The van der Waals surface area contributed by atoms with Gasteiger partial charge in [-0.05, 0) is 0 Å². The van der Waals surface area contributed by atoms with E-state index in [2.05, 4.69) is 0 Å². The summed E-state index contributed by atoms with van der Waals surface area (Å²) in [5, 5.41) is 0. The summed E-state index contributed by atoms with van der Waals surface area (Å²) in [6.07, 6.45) is 0. The summed E-state index contributed by atoms with van der Waals surface area (Å²) >= 11 is 0.